The van der Waals surface area contributed by atoms with Gasteiger partial charge in [0.1, 0.15) is 11.4 Å². The number of hydrogen-bond acceptors (Lipinski definition) is 5. The number of nitrogens with zero attached hydrogens (tertiary/aromatic N) is 2. The molecule has 1 aromatic heterocycles. The summed E-state index contributed by atoms with van der Waals surface area (Å²) >= 11 is 0. The molecule has 1 heterocycles. The minimum atomic E-state index is -1.29. The Labute approximate surface area is 111 Å². The number of nitro groups is 1. The van der Waals surface area contributed by atoms with E-state index in [0.717, 1.165) is 18.2 Å². The topological polar surface area (TPSA) is 138 Å². The van der Waals surface area contributed by atoms with Crippen LogP contribution in [0.4, 0.5) is 11.4 Å². The molecule has 1 aromatic carbocycles. The number of aromatic carboxylic acids is 1. The third-order valence-electron chi connectivity index (χ3n) is 2.43. The maximum atomic E-state index is 11.7. The largest absolute Gasteiger partial charge is 0.478 e. The van der Waals surface area contributed by atoms with Gasteiger partial charge >= 0.3 is 5.97 Å². The second kappa shape index (κ2) is 5.18. The summed E-state index contributed by atoms with van der Waals surface area (Å²) in [4.78, 5) is 38.9. The summed E-state index contributed by atoms with van der Waals surface area (Å²) in [6.45, 7) is 0. The molecule has 0 aliphatic heterocycles. The molecule has 9 heteroatoms. The fraction of sp³-hybridized carbons (Fsp3) is 0. The van der Waals surface area contributed by atoms with E-state index in [9.17, 15) is 19.7 Å². The molecule has 0 fully saturated rings. The van der Waals surface area contributed by atoms with Crippen LogP contribution >= 0.6 is 0 Å². The Morgan fingerprint density at radius 3 is 2.70 bits per heavy atom. The molecule has 0 bridgehead atoms. The number of nitrogens with one attached hydrogen (secondary N) is 2. The van der Waals surface area contributed by atoms with Crippen molar-refractivity contribution in [2.75, 3.05) is 5.32 Å². The number of carboxylic acids is 1. The molecule has 0 radical (unpaired) electrons. The van der Waals surface area contributed by atoms with Gasteiger partial charge in [0.05, 0.1) is 23.0 Å². The van der Waals surface area contributed by atoms with Crippen molar-refractivity contribution in [1.82, 2.24) is 9.97 Å². The number of nitro benzene ring substituents is 1. The molecule has 0 aliphatic carbocycles. The van der Waals surface area contributed by atoms with Crippen LogP contribution in [0.3, 0.4) is 0 Å². The maximum Gasteiger partial charge on any atom is 0.335 e. The molecule has 0 spiro atoms. The summed E-state index contributed by atoms with van der Waals surface area (Å²) in [5.41, 5.74) is -0.713. The van der Waals surface area contributed by atoms with E-state index in [-0.39, 0.29) is 16.9 Å². The molecular weight excluding hydrogens is 268 g/mol. The van der Waals surface area contributed by atoms with Crippen LogP contribution in [-0.2, 0) is 0 Å². The minimum Gasteiger partial charge on any atom is -0.478 e. The molecule has 0 saturated heterocycles. The van der Waals surface area contributed by atoms with Gasteiger partial charge in [0.25, 0.3) is 11.6 Å². The van der Waals surface area contributed by atoms with Gasteiger partial charge in [-0.25, -0.2) is 9.78 Å². The van der Waals surface area contributed by atoms with E-state index in [2.05, 4.69) is 15.3 Å². The fourth-order valence-corrected chi connectivity index (χ4v) is 1.49. The molecule has 102 valence electrons. The minimum absolute atomic E-state index is 0.0976. The van der Waals surface area contributed by atoms with E-state index in [1.165, 1.54) is 12.5 Å². The van der Waals surface area contributed by atoms with Crippen molar-refractivity contribution in [3.8, 4) is 0 Å². The van der Waals surface area contributed by atoms with Gasteiger partial charge in [-0.05, 0) is 12.1 Å². The molecule has 3 N–H and O–H groups in total. The summed E-state index contributed by atoms with van der Waals surface area (Å²) in [5.74, 6) is -1.91. The highest BCUT2D eigenvalue weighted by molar-refractivity contribution is 6.04. The van der Waals surface area contributed by atoms with Gasteiger partial charge in [-0.3, -0.25) is 14.9 Å². The lowest BCUT2D eigenvalue weighted by atomic mass is 10.1. The molecule has 20 heavy (non-hydrogen) atoms. The lowest BCUT2D eigenvalue weighted by Gasteiger charge is -2.05. The molecule has 0 saturated carbocycles. The van der Waals surface area contributed by atoms with E-state index >= 15 is 0 Å². The van der Waals surface area contributed by atoms with Gasteiger partial charge in [0, 0.05) is 6.07 Å². The zero-order chi connectivity index (χ0) is 14.7. The first-order valence-electron chi connectivity index (χ1n) is 5.30. The monoisotopic (exact) mass is 276 g/mol. The Kier molecular flexibility index (Phi) is 3.42. The molecule has 2 aromatic rings. The van der Waals surface area contributed by atoms with Crippen molar-refractivity contribution in [2.24, 2.45) is 0 Å². The summed E-state index contributed by atoms with van der Waals surface area (Å²) in [7, 11) is 0. The summed E-state index contributed by atoms with van der Waals surface area (Å²) in [5, 5.41) is 22.0. The molecule has 9 nitrogen and oxygen atoms in total. The lowest BCUT2D eigenvalue weighted by molar-refractivity contribution is -0.383. The Bertz CT molecular complexity index is 680. The van der Waals surface area contributed by atoms with Gasteiger partial charge in [0.15, 0.2) is 0 Å². The Morgan fingerprint density at radius 1 is 1.40 bits per heavy atom. The highest BCUT2D eigenvalue weighted by atomic mass is 16.6. The van der Waals surface area contributed by atoms with Crippen LogP contribution in [-0.4, -0.2) is 31.9 Å². The van der Waals surface area contributed by atoms with E-state index in [1.54, 1.807) is 0 Å². The number of carbonyl (C=O) groups is 2. The normalized spacial score (nSPS) is 10.0. The molecular formula is C11H8N4O5. The fourth-order valence-electron chi connectivity index (χ4n) is 1.49. The van der Waals surface area contributed by atoms with Gasteiger partial charge in [-0.15, -0.1) is 0 Å². The number of aromatic nitrogens is 2. The number of amides is 1. The predicted octanol–water partition coefficient (Wildman–Crippen LogP) is 1.27. The third-order valence-corrected chi connectivity index (χ3v) is 2.43. The first-order valence-corrected chi connectivity index (χ1v) is 5.30. The number of hydrogen-bond donors (Lipinski definition) is 3. The van der Waals surface area contributed by atoms with E-state index < -0.39 is 22.5 Å². The van der Waals surface area contributed by atoms with Crippen LogP contribution in [0.1, 0.15) is 20.8 Å². The van der Waals surface area contributed by atoms with Crippen LogP contribution < -0.4 is 5.32 Å². The highest BCUT2D eigenvalue weighted by Gasteiger charge is 2.19. The molecule has 0 atom stereocenters. The third kappa shape index (κ3) is 2.61. The smallest absolute Gasteiger partial charge is 0.335 e. The van der Waals surface area contributed by atoms with Gasteiger partial charge in [-0.2, -0.15) is 0 Å². The van der Waals surface area contributed by atoms with Crippen LogP contribution in [0, 0.1) is 10.1 Å². The van der Waals surface area contributed by atoms with Crippen LogP contribution in [0.25, 0.3) is 0 Å². The van der Waals surface area contributed by atoms with Crippen molar-refractivity contribution in [3.63, 3.8) is 0 Å². The molecule has 1 amide bonds. The number of rotatable bonds is 4. The molecule has 0 aliphatic rings. The number of carbonyl (C=O) groups excluding carboxylic acids is 1. The summed E-state index contributed by atoms with van der Waals surface area (Å²) in [6, 6.07) is 3.21. The number of imidazole rings is 1. The van der Waals surface area contributed by atoms with Gasteiger partial charge < -0.3 is 15.4 Å². The van der Waals surface area contributed by atoms with Gasteiger partial charge in [-0.1, -0.05) is 0 Å². The maximum absolute atomic E-state index is 11.7. The van der Waals surface area contributed by atoms with Crippen molar-refractivity contribution in [1.29, 1.82) is 0 Å². The Hall–Kier alpha value is -3.23. The zero-order valence-electron chi connectivity index (χ0n) is 9.86. The Morgan fingerprint density at radius 2 is 2.15 bits per heavy atom. The average molecular weight is 276 g/mol. The van der Waals surface area contributed by atoms with Crippen molar-refractivity contribution >= 4 is 23.3 Å². The van der Waals surface area contributed by atoms with Gasteiger partial charge in [0.2, 0.25) is 0 Å². The lowest BCUT2D eigenvalue weighted by Crippen LogP contribution is -2.14. The number of aromatic amines is 1. The standard InChI is InChI=1S/C11H8N4O5/c16-10(8-4-12-5-13-8)14-7-2-1-6(11(17)18)3-9(7)15(19)20/h1-5H,(H,12,13)(H,14,16)(H,17,18). The SMILES string of the molecule is O=C(O)c1ccc(NC(=O)c2cnc[nH]2)c([N+](=O)[O-])c1. The molecule has 2 rings (SSSR count). The number of benzene rings is 1. The van der Waals surface area contributed by atoms with Crippen molar-refractivity contribution in [3.05, 3.63) is 52.1 Å². The summed E-state index contributed by atoms with van der Waals surface area (Å²) in [6.07, 6.45) is 2.55. The average Bonchev–Trinajstić information content (AvgIpc) is 2.92. The quantitative estimate of drug-likeness (QED) is 0.567. The van der Waals surface area contributed by atoms with Crippen LogP contribution in [0.5, 0.6) is 0 Å². The number of H-pyrrole nitrogens is 1. The molecule has 0 unspecified atom stereocenters. The second-order valence-electron chi connectivity index (χ2n) is 3.71. The first-order chi connectivity index (χ1) is 9.49. The Balaban J connectivity index is 2.34. The van der Waals surface area contributed by atoms with Crippen molar-refractivity contribution < 1.29 is 19.6 Å². The second-order valence-corrected chi connectivity index (χ2v) is 3.71. The number of carboxylic acid groups (broad SMARTS) is 1. The zero-order valence-corrected chi connectivity index (χ0v) is 9.86. The first kappa shape index (κ1) is 13.2. The predicted molar refractivity (Wildman–Crippen MR) is 66.6 cm³/mol. The van der Waals surface area contributed by atoms with E-state index in [4.69, 9.17) is 5.11 Å². The van der Waals surface area contributed by atoms with Crippen molar-refractivity contribution in [2.45, 2.75) is 0 Å². The van der Waals surface area contributed by atoms with Crippen LogP contribution in [0.15, 0.2) is 30.7 Å². The van der Waals surface area contributed by atoms with E-state index in [0.29, 0.717) is 0 Å². The number of anilines is 1. The summed E-state index contributed by atoms with van der Waals surface area (Å²) < 4.78 is 0. The highest BCUT2D eigenvalue weighted by Crippen LogP contribution is 2.26. The van der Waals surface area contributed by atoms with Crippen LogP contribution in [0.2, 0.25) is 0 Å². The van der Waals surface area contributed by atoms with E-state index in [1.807, 2.05) is 0 Å².